The molecule has 5 heteroatoms. The lowest BCUT2D eigenvalue weighted by Gasteiger charge is -2.14. The molecule has 1 aromatic rings. The molecule has 0 aromatic heterocycles. The lowest BCUT2D eigenvalue weighted by atomic mass is 10.3. The van der Waals surface area contributed by atoms with Crippen LogP contribution in [-0.2, 0) is 4.79 Å². The Bertz CT molecular complexity index is 431. The summed E-state index contributed by atoms with van der Waals surface area (Å²) in [5.74, 6) is 0.533. The highest BCUT2D eigenvalue weighted by Crippen LogP contribution is 2.14. The molecule has 0 unspecified atom stereocenters. The van der Waals surface area contributed by atoms with Crippen molar-refractivity contribution in [2.75, 3.05) is 38.5 Å². The van der Waals surface area contributed by atoms with Crippen LogP contribution in [0.2, 0.25) is 0 Å². The van der Waals surface area contributed by atoms with Gasteiger partial charge in [0.15, 0.2) is 6.61 Å². The van der Waals surface area contributed by atoms with Gasteiger partial charge < -0.3 is 20.7 Å². The Morgan fingerprint density at radius 3 is 2.90 bits per heavy atom. The molecule has 1 saturated heterocycles. The lowest BCUT2D eigenvalue weighted by Crippen LogP contribution is -2.32. The number of nitrogen functional groups attached to an aromatic ring is 1. The van der Waals surface area contributed by atoms with Crippen molar-refractivity contribution >= 4 is 11.6 Å². The number of rotatable bonds is 7. The second-order valence-electron chi connectivity index (χ2n) is 5.11. The quantitative estimate of drug-likeness (QED) is 0.581. The first kappa shape index (κ1) is 14.7. The average Bonchev–Trinajstić information content (AvgIpc) is 2.95. The van der Waals surface area contributed by atoms with E-state index in [4.69, 9.17) is 10.5 Å². The van der Waals surface area contributed by atoms with Crippen LogP contribution in [0, 0.1) is 0 Å². The number of benzene rings is 1. The fourth-order valence-corrected chi connectivity index (χ4v) is 2.34. The van der Waals surface area contributed by atoms with Crippen LogP contribution < -0.4 is 15.8 Å². The molecule has 1 aliphatic heterocycles. The van der Waals surface area contributed by atoms with E-state index in [0.717, 1.165) is 13.0 Å². The summed E-state index contributed by atoms with van der Waals surface area (Å²) in [7, 11) is 0. The first-order valence-corrected chi connectivity index (χ1v) is 7.21. The van der Waals surface area contributed by atoms with Crippen LogP contribution in [-0.4, -0.2) is 43.6 Å². The van der Waals surface area contributed by atoms with E-state index in [-0.39, 0.29) is 12.5 Å². The fraction of sp³-hybridized carbons (Fsp3) is 0.533. The van der Waals surface area contributed by atoms with Crippen molar-refractivity contribution in [1.29, 1.82) is 0 Å². The van der Waals surface area contributed by atoms with Crippen molar-refractivity contribution in [3.63, 3.8) is 0 Å². The van der Waals surface area contributed by atoms with Crippen LogP contribution in [0.15, 0.2) is 24.3 Å². The Balaban J connectivity index is 1.56. The third-order valence-electron chi connectivity index (χ3n) is 3.40. The van der Waals surface area contributed by atoms with E-state index in [1.807, 2.05) is 0 Å². The highest BCUT2D eigenvalue weighted by Gasteiger charge is 2.10. The average molecular weight is 277 g/mol. The molecule has 5 nitrogen and oxygen atoms in total. The standard InChI is InChI=1S/C15H23N3O2/c16-13-5-3-6-14(11-13)20-12-15(19)17-7-4-10-18-8-1-2-9-18/h3,5-6,11H,1-2,4,7-10,12,16H2,(H,17,19). The van der Waals surface area contributed by atoms with Gasteiger partial charge in [-0.25, -0.2) is 0 Å². The molecule has 3 N–H and O–H groups in total. The summed E-state index contributed by atoms with van der Waals surface area (Å²) in [6, 6.07) is 7.08. The van der Waals surface area contributed by atoms with Crippen molar-refractivity contribution < 1.29 is 9.53 Å². The monoisotopic (exact) mass is 277 g/mol. The number of anilines is 1. The van der Waals surface area contributed by atoms with Crippen molar-refractivity contribution in [3.8, 4) is 5.75 Å². The van der Waals surface area contributed by atoms with Crippen molar-refractivity contribution in [3.05, 3.63) is 24.3 Å². The molecule has 0 spiro atoms. The van der Waals surface area contributed by atoms with Crippen LogP contribution in [0.3, 0.4) is 0 Å². The highest BCUT2D eigenvalue weighted by atomic mass is 16.5. The lowest BCUT2D eigenvalue weighted by molar-refractivity contribution is -0.123. The molecule has 1 amide bonds. The van der Waals surface area contributed by atoms with Gasteiger partial charge in [-0.3, -0.25) is 4.79 Å². The summed E-state index contributed by atoms with van der Waals surface area (Å²) in [5.41, 5.74) is 6.27. The zero-order chi connectivity index (χ0) is 14.2. The number of likely N-dealkylation sites (tertiary alicyclic amines) is 1. The van der Waals surface area contributed by atoms with Gasteiger partial charge in [0.25, 0.3) is 5.91 Å². The summed E-state index contributed by atoms with van der Waals surface area (Å²) < 4.78 is 5.38. The molecule has 0 atom stereocenters. The van der Waals surface area contributed by atoms with Gasteiger partial charge in [-0.1, -0.05) is 6.07 Å². The summed E-state index contributed by atoms with van der Waals surface area (Å²) in [4.78, 5) is 14.1. The topological polar surface area (TPSA) is 67.6 Å². The summed E-state index contributed by atoms with van der Waals surface area (Å²) in [5, 5.41) is 2.87. The number of nitrogens with zero attached hydrogens (tertiary/aromatic N) is 1. The zero-order valence-corrected chi connectivity index (χ0v) is 11.8. The van der Waals surface area contributed by atoms with Crippen LogP contribution in [0.4, 0.5) is 5.69 Å². The third-order valence-corrected chi connectivity index (χ3v) is 3.40. The molecule has 0 bridgehead atoms. The first-order valence-electron chi connectivity index (χ1n) is 7.21. The van der Waals surface area contributed by atoms with Crippen LogP contribution in [0.25, 0.3) is 0 Å². The van der Waals surface area contributed by atoms with Gasteiger partial charge in [-0.15, -0.1) is 0 Å². The van der Waals surface area contributed by atoms with E-state index in [2.05, 4.69) is 10.2 Å². The Morgan fingerprint density at radius 2 is 2.15 bits per heavy atom. The summed E-state index contributed by atoms with van der Waals surface area (Å²) >= 11 is 0. The van der Waals surface area contributed by atoms with Crippen LogP contribution in [0.5, 0.6) is 5.75 Å². The van der Waals surface area contributed by atoms with Gasteiger partial charge in [-0.05, 0) is 51.0 Å². The van der Waals surface area contributed by atoms with E-state index in [1.165, 1.54) is 25.9 Å². The maximum Gasteiger partial charge on any atom is 0.257 e. The second-order valence-corrected chi connectivity index (χ2v) is 5.11. The number of nitrogens with one attached hydrogen (secondary N) is 1. The van der Waals surface area contributed by atoms with Gasteiger partial charge >= 0.3 is 0 Å². The molecule has 0 saturated carbocycles. The molecule has 0 aliphatic carbocycles. The van der Waals surface area contributed by atoms with Crippen molar-refractivity contribution in [1.82, 2.24) is 10.2 Å². The van der Waals surface area contributed by atoms with Gasteiger partial charge in [-0.2, -0.15) is 0 Å². The van der Waals surface area contributed by atoms with E-state index in [0.29, 0.717) is 18.0 Å². The predicted molar refractivity (Wildman–Crippen MR) is 79.7 cm³/mol. The van der Waals surface area contributed by atoms with Gasteiger partial charge in [0.05, 0.1) is 0 Å². The smallest absolute Gasteiger partial charge is 0.257 e. The van der Waals surface area contributed by atoms with E-state index in [9.17, 15) is 4.79 Å². The van der Waals surface area contributed by atoms with Gasteiger partial charge in [0.1, 0.15) is 5.75 Å². The molecule has 1 heterocycles. The maximum absolute atomic E-state index is 11.6. The normalized spacial score (nSPS) is 15.2. The number of amides is 1. The molecule has 2 rings (SSSR count). The number of hydrogen-bond acceptors (Lipinski definition) is 4. The summed E-state index contributed by atoms with van der Waals surface area (Å²) in [6.07, 6.45) is 3.60. The van der Waals surface area contributed by atoms with Crippen molar-refractivity contribution in [2.45, 2.75) is 19.3 Å². The number of nitrogens with two attached hydrogens (primary N) is 1. The largest absolute Gasteiger partial charge is 0.484 e. The number of hydrogen-bond donors (Lipinski definition) is 2. The van der Waals surface area contributed by atoms with Gasteiger partial charge in [0.2, 0.25) is 0 Å². The zero-order valence-electron chi connectivity index (χ0n) is 11.8. The van der Waals surface area contributed by atoms with Crippen LogP contribution in [0.1, 0.15) is 19.3 Å². The molecule has 0 radical (unpaired) electrons. The van der Waals surface area contributed by atoms with Gasteiger partial charge in [0, 0.05) is 18.3 Å². The number of carbonyl (C=O) groups excluding carboxylic acids is 1. The van der Waals surface area contributed by atoms with Crippen LogP contribution >= 0.6 is 0 Å². The fourth-order valence-electron chi connectivity index (χ4n) is 2.34. The number of carbonyl (C=O) groups is 1. The molecular weight excluding hydrogens is 254 g/mol. The van der Waals surface area contributed by atoms with E-state index >= 15 is 0 Å². The maximum atomic E-state index is 11.6. The SMILES string of the molecule is Nc1cccc(OCC(=O)NCCCN2CCCC2)c1. The Kier molecular flexibility index (Phi) is 5.68. The molecule has 110 valence electrons. The first-order chi connectivity index (χ1) is 9.74. The number of ether oxygens (including phenoxy) is 1. The molecular formula is C15H23N3O2. The van der Waals surface area contributed by atoms with E-state index < -0.39 is 0 Å². The Labute approximate surface area is 120 Å². The van der Waals surface area contributed by atoms with E-state index in [1.54, 1.807) is 24.3 Å². The third kappa shape index (κ3) is 5.09. The minimum absolute atomic E-state index is 0.0349. The second kappa shape index (κ2) is 7.75. The van der Waals surface area contributed by atoms with Crippen molar-refractivity contribution in [2.24, 2.45) is 0 Å². The Hall–Kier alpha value is -1.75. The Morgan fingerprint density at radius 1 is 1.35 bits per heavy atom. The molecule has 1 aliphatic rings. The predicted octanol–water partition coefficient (Wildman–Crippen LogP) is 1.25. The molecule has 20 heavy (non-hydrogen) atoms. The highest BCUT2D eigenvalue weighted by molar-refractivity contribution is 5.77. The summed E-state index contributed by atoms with van der Waals surface area (Å²) in [6.45, 7) is 4.21. The molecule has 1 aromatic carbocycles. The molecule has 1 fully saturated rings. The minimum Gasteiger partial charge on any atom is -0.484 e. The minimum atomic E-state index is -0.0890.